The van der Waals surface area contributed by atoms with Crippen molar-refractivity contribution in [3.63, 3.8) is 0 Å². The van der Waals surface area contributed by atoms with Crippen LogP contribution in [-0.2, 0) is 0 Å². The summed E-state index contributed by atoms with van der Waals surface area (Å²) in [6.45, 7) is 1.57. The van der Waals surface area contributed by atoms with E-state index in [0.29, 0.717) is 53.1 Å². The average Bonchev–Trinajstić information content (AvgIpc) is 2.66. The third-order valence-electron chi connectivity index (χ3n) is 4.41. The van der Waals surface area contributed by atoms with Crippen LogP contribution in [0.25, 0.3) is 0 Å². The van der Waals surface area contributed by atoms with Gasteiger partial charge in [0, 0.05) is 47.4 Å². The molecule has 2 aromatic rings. The Labute approximate surface area is 182 Å². The standard InChI is InChI=1S/C19H16Cl4N2O3/c1-28-17-15(22)8-12(9-16(17)23)19(27)25-4-2-24(3-5-25)18(26)11-6-13(20)10-14(21)7-11/h6-10H,2-5H2,1H3. The Bertz CT molecular complexity index is 884. The topological polar surface area (TPSA) is 49.9 Å². The number of rotatable bonds is 3. The number of amides is 2. The van der Waals surface area contributed by atoms with Gasteiger partial charge in [0.15, 0.2) is 5.75 Å². The van der Waals surface area contributed by atoms with E-state index in [9.17, 15) is 9.59 Å². The average molecular weight is 462 g/mol. The highest BCUT2D eigenvalue weighted by atomic mass is 35.5. The second kappa shape index (κ2) is 8.78. The van der Waals surface area contributed by atoms with E-state index in [0.717, 1.165) is 0 Å². The fourth-order valence-corrected chi connectivity index (χ4v) is 4.20. The normalized spacial score (nSPS) is 14.2. The molecule has 1 heterocycles. The SMILES string of the molecule is COc1c(Cl)cc(C(=O)N2CCN(C(=O)c3cc(Cl)cc(Cl)c3)CC2)cc1Cl. The highest BCUT2D eigenvalue weighted by Gasteiger charge is 2.26. The van der Waals surface area contributed by atoms with E-state index in [4.69, 9.17) is 51.1 Å². The molecule has 0 aliphatic carbocycles. The number of methoxy groups -OCH3 is 1. The van der Waals surface area contributed by atoms with Crippen molar-refractivity contribution in [3.05, 3.63) is 61.5 Å². The van der Waals surface area contributed by atoms with Gasteiger partial charge in [-0.1, -0.05) is 46.4 Å². The molecule has 0 atom stereocenters. The van der Waals surface area contributed by atoms with Gasteiger partial charge in [-0.2, -0.15) is 0 Å². The third-order valence-corrected chi connectivity index (χ3v) is 5.41. The van der Waals surface area contributed by atoms with E-state index in [2.05, 4.69) is 0 Å². The van der Waals surface area contributed by atoms with Crippen LogP contribution in [0.1, 0.15) is 20.7 Å². The molecule has 3 rings (SSSR count). The van der Waals surface area contributed by atoms with Crippen LogP contribution < -0.4 is 4.74 Å². The molecule has 9 heteroatoms. The molecule has 28 heavy (non-hydrogen) atoms. The van der Waals surface area contributed by atoms with E-state index in [1.165, 1.54) is 19.2 Å². The number of benzene rings is 2. The first kappa shape index (κ1) is 21.1. The highest BCUT2D eigenvalue weighted by molar-refractivity contribution is 6.37. The lowest BCUT2D eigenvalue weighted by molar-refractivity contribution is 0.0535. The minimum absolute atomic E-state index is 0.174. The zero-order chi connectivity index (χ0) is 20.4. The molecule has 1 fully saturated rings. The van der Waals surface area contributed by atoms with Gasteiger partial charge < -0.3 is 14.5 Å². The van der Waals surface area contributed by atoms with Gasteiger partial charge in [-0.25, -0.2) is 0 Å². The first-order valence-corrected chi connectivity index (χ1v) is 9.89. The molecular formula is C19H16Cl4N2O3. The molecular weight excluding hydrogens is 446 g/mol. The van der Waals surface area contributed by atoms with Crippen molar-refractivity contribution in [2.24, 2.45) is 0 Å². The van der Waals surface area contributed by atoms with Crippen LogP contribution in [0.5, 0.6) is 5.75 Å². The largest absolute Gasteiger partial charge is 0.494 e. The molecule has 0 aromatic heterocycles. The van der Waals surface area contributed by atoms with Gasteiger partial charge in [0.2, 0.25) is 0 Å². The maximum atomic E-state index is 12.8. The number of hydrogen-bond acceptors (Lipinski definition) is 3. The fourth-order valence-electron chi connectivity index (χ4n) is 3.03. The van der Waals surface area contributed by atoms with Crippen molar-refractivity contribution < 1.29 is 14.3 Å². The molecule has 148 valence electrons. The minimum Gasteiger partial charge on any atom is -0.494 e. The third kappa shape index (κ3) is 4.49. The van der Waals surface area contributed by atoms with Crippen LogP contribution in [0.2, 0.25) is 20.1 Å². The molecule has 0 N–H and O–H groups in total. The molecule has 0 unspecified atom stereocenters. The lowest BCUT2D eigenvalue weighted by atomic mass is 10.1. The Morgan fingerprint density at radius 1 is 0.750 bits per heavy atom. The summed E-state index contributed by atoms with van der Waals surface area (Å²) in [5.41, 5.74) is 0.795. The lowest BCUT2D eigenvalue weighted by Crippen LogP contribution is -2.50. The number of piperazine rings is 1. The van der Waals surface area contributed by atoms with Crippen LogP contribution in [-0.4, -0.2) is 54.9 Å². The Morgan fingerprint density at radius 2 is 1.14 bits per heavy atom. The van der Waals surface area contributed by atoms with Crippen LogP contribution in [0.4, 0.5) is 0 Å². The second-order valence-electron chi connectivity index (χ2n) is 6.22. The first-order valence-electron chi connectivity index (χ1n) is 8.38. The molecule has 1 aliphatic rings. The smallest absolute Gasteiger partial charge is 0.254 e. The van der Waals surface area contributed by atoms with E-state index in [1.807, 2.05) is 0 Å². The Hall–Kier alpha value is -1.66. The van der Waals surface area contributed by atoms with E-state index in [-0.39, 0.29) is 21.9 Å². The van der Waals surface area contributed by atoms with Crippen molar-refractivity contribution in [2.45, 2.75) is 0 Å². The molecule has 2 aromatic carbocycles. The summed E-state index contributed by atoms with van der Waals surface area (Å²) >= 11 is 24.2. The number of halogens is 4. The van der Waals surface area contributed by atoms with Gasteiger partial charge in [-0.15, -0.1) is 0 Å². The summed E-state index contributed by atoms with van der Waals surface area (Å²) in [7, 11) is 1.46. The molecule has 0 spiro atoms. The Kier molecular flexibility index (Phi) is 6.61. The summed E-state index contributed by atoms with van der Waals surface area (Å²) in [4.78, 5) is 28.8. The minimum atomic E-state index is -0.204. The Balaban J connectivity index is 1.68. The van der Waals surface area contributed by atoms with Gasteiger partial charge >= 0.3 is 0 Å². The summed E-state index contributed by atoms with van der Waals surface area (Å²) in [5.74, 6) is -0.0492. The Morgan fingerprint density at radius 3 is 1.54 bits per heavy atom. The molecule has 5 nitrogen and oxygen atoms in total. The van der Waals surface area contributed by atoms with Gasteiger partial charge in [0.05, 0.1) is 17.2 Å². The van der Waals surface area contributed by atoms with Gasteiger partial charge in [-0.3, -0.25) is 9.59 Å². The molecule has 0 radical (unpaired) electrons. The summed E-state index contributed by atoms with van der Waals surface area (Å²) < 4.78 is 5.10. The zero-order valence-corrected chi connectivity index (χ0v) is 17.9. The molecule has 2 amide bonds. The van der Waals surface area contributed by atoms with Gasteiger partial charge in [0.25, 0.3) is 11.8 Å². The predicted octanol–water partition coefficient (Wildman–Crippen LogP) is 4.91. The summed E-state index contributed by atoms with van der Waals surface area (Å²) in [6.07, 6.45) is 0. The summed E-state index contributed by atoms with van der Waals surface area (Å²) in [5, 5.41) is 1.34. The van der Waals surface area contributed by atoms with Gasteiger partial charge in [-0.05, 0) is 30.3 Å². The second-order valence-corrected chi connectivity index (χ2v) is 7.90. The quantitative estimate of drug-likeness (QED) is 0.652. The number of carbonyl (C=O) groups is 2. The maximum Gasteiger partial charge on any atom is 0.254 e. The molecule has 0 bridgehead atoms. The first-order chi connectivity index (χ1) is 13.3. The maximum absolute atomic E-state index is 12.8. The highest BCUT2D eigenvalue weighted by Crippen LogP contribution is 2.34. The molecule has 1 saturated heterocycles. The lowest BCUT2D eigenvalue weighted by Gasteiger charge is -2.35. The van der Waals surface area contributed by atoms with Crippen LogP contribution >= 0.6 is 46.4 Å². The van der Waals surface area contributed by atoms with Gasteiger partial charge in [0.1, 0.15) is 0 Å². The number of nitrogens with zero attached hydrogens (tertiary/aromatic N) is 2. The predicted molar refractivity (Wildman–Crippen MR) is 111 cm³/mol. The fraction of sp³-hybridized carbons (Fsp3) is 0.263. The van der Waals surface area contributed by atoms with Crippen molar-refractivity contribution >= 4 is 58.2 Å². The van der Waals surface area contributed by atoms with Crippen molar-refractivity contribution in [1.29, 1.82) is 0 Å². The number of carbonyl (C=O) groups excluding carboxylic acids is 2. The number of hydrogen-bond donors (Lipinski definition) is 0. The van der Waals surface area contributed by atoms with Crippen molar-refractivity contribution in [3.8, 4) is 5.75 Å². The van der Waals surface area contributed by atoms with Crippen LogP contribution in [0.3, 0.4) is 0 Å². The van der Waals surface area contributed by atoms with Crippen LogP contribution in [0, 0.1) is 0 Å². The molecule has 0 saturated carbocycles. The van der Waals surface area contributed by atoms with E-state index >= 15 is 0 Å². The van der Waals surface area contributed by atoms with Crippen molar-refractivity contribution in [1.82, 2.24) is 9.80 Å². The van der Waals surface area contributed by atoms with Crippen LogP contribution in [0.15, 0.2) is 30.3 Å². The number of ether oxygens (including phenoxy) is 1. The van der Waals surface area contributed by atoms with Crippen molar-refractivity contribution in [2.75, 3.05) is 33.3 Å². The van der Waals surface area contributed by atoms with E-state index in [1.54, 1.807) is 28.0 Å². The molecule has 1 aliphatic heterocycles. The summed E-state index contributed by atoms with van der Waals surface area (Å²) in [6, 6.07) is 7.78. The zero-order valence-electron chi connectivity index (χ0n) is 14.8. The monoisotopic (exact) mass is 460 g/mol. The van der Waals surface area contributed by atoms with E-state index < -0.39 is 0 Å².